The zero-order valence-corrected chi connectivity index (χ0v) is 21.2. The predicted octanol–water partition coefficient (Wildman–Crippen LogP) is 5.68. The summed E-state index contributed by atoms with van der Waals surface area (Å²) in [5.74, 6) is -0.653. The second-order valence-corrected chi connectivity index (χ2v) is 10.1. The summed E-state index contributed by atoms with van der Waals surface area (Å²) in [5, 5.41) is 0.900. The van der Waals surface area contributed by atoms with Gasteiger partial charge in [-0.25, -0.2) is 9.88 Å². The molecule has 37 heavy (non-hydrogen) atoms. The van der Waals surface area contributed by atoms with Crippen LogP contribution < -0.4 is 9.80 Å². The number of imide groups is 1. The molecular weight excluding hydrogens is 482 g/mol. The number of nitrogens with zero attached hydrogens (tertiary/aromatic N) is 3. The monoisotopic (exact) mass is 507 g/mol. The number of aryl methyl sites for hydroxylation is 1. The molecule has 0 radical (unpaired) electrons. The van der Waals surface area contributed by atoms with Crippen molar-refractivity contribution in [3.8, 4) is 11.3 Å². The molecular formula is C30H25N3O3S. The molecule has 1 aromatic heterocycles. The number of aromatic nitrogens is 1. The molecule has 2 aliphatic heterocycles. The minimum absolute atomic E-state index is 0.315. The van der Waals surface area contributed by atoms with Crippen LogP contribution in [0.2, 0.25) is 0 Å². The fourth-order valence-electron chi connectivity index (χ4n) is 4.74. The SMILES string of the molecule is Cc1cccc(N2C(=O)/C(=C\c3sc(N4CCOCC4)nc3-c3ccccc3)c3ccccc3C2=O)c1. The van der Waals surface area contributed by atoms with E-state index in [0.29, 0.717) is 35.6 Å². The largest absolute Gasteiger partial charge is 0.378 e. The molecule has 7 heteroatoms. The van der Waals surface area contributed by atoms with Gasteiger partial charge in [-0.15, -0.1) is 0 Å². The summed E-state index contributed by atoms with van der Waals surface area (Å²) in [6.07, 6.45) is 1.90. The summed E-state index contributed by atoms with van der Waals surface area (Å²) < 4.78 is 5.53. The number of benzene rings is 3. The number of ether oxygens (including phenoxy) is 1. The highest BCUT2D eigenvalue weighted by Gasteiger charge is 2.36. The average Bonchev–Trinajstić information content (AvgIpc) is 3.36. The van der Waals surface area contributed by atoms with E-state index in [4.69, 9.17) is 9.72 Å². The van der Waals surface area contributed by atoms with E-state index in [0.717, 1.165) is 39.9 Å². The van der Waals surface area contributed by atoms with Gasteiger partial charge in [-0.1, -0.05) is 72.0 Å². The predicted molar refractivity (Wildman–Crippen MR) is 148 cm³/mol. The van der Waals surface area contributed by atoms with Crippen LogP contribution in [0, 0.1) is 6.92 Å². The van der Waals surface area contributed by atoms with Gasteiger partial charge in [0, 0.05) is 35.4 Å². The number of hydrogen-bond donors (Lipinski definition) is 0. The van der Waals surface area contributed by atoms with E-state index >= 15 is 0 Å². The van der Waals surface area contributed by atoms with E-state index in [1.807, 2.05) is 79.7 Å². The average molecular weight is 508 g/mol. The van der Waals surface area contributed by atoms with Gasteiger partial charge in [0.2, 0.25) is 0 Å². The second-order valence-electron chi connectivity index (χ2n) is 9.06. The van der Waals surface area contributed by atoms with E-state index in [1.165, 1.54) is 4.90 Å². The third kappa shape index (κ3) is 4.37. The third-order valence-corrected chi connectivity index (χ3v) is 7.65. The van der Waals surface area contributed by atoms with Crippen LogP contribution in [0.4, 0.5) is 10.8 Å². The lowest BCUT2D eigenvalue weighted by atomic mass is 9.92. The number of rotatable bonds is 4. The van der Waals surface area contributed by atoms with Gasteiger partial charge in [-0.2, -0.15) is 0 Å². The maximum absolute atomic E-state index is 14.0. The number of carbonyl (C=O) groups excluding carboxylic acids is 2. The highest BCUT2D eigenvalue weighted by molar-refractivity contribution is 7.17. The zero-order valence-electron chi connectivity index (χ0n) is 20.4. The van der Waals surface area contributed by atoms with Crippen LogP contribution in [0.3, 0.4) is 0 Å². The molecule has 0 saturated carbocycles. The first-order valence-corrected chi connectivity index (χ1v) is 13.1. The van der Waals surface area contributed by atoms with Gasteiger partial charge in [-0.3, -0.25) is 9.59 Å². The van der Waals surface area contributed by atoms with Crippen LogP contribution in [0.1, 0.15) is 26.4 Å². The zero-order chi connectivity index (χ0) is 25.4. The first kappa shape index (κ1) is 23.3. The number of hydrogen-bond acceptors (Lipinski definition) is 6. The molecule has 1 saturated heterocycles. The minimum Gasteiger partial charge on any atom is -0.378 e. The van der Waals surface area contributed by atoms with Crippen LogP contribution in [0.5, 0.6) is 0 Å². The van der Waals surface area contributed by atoms with E-state index in [1.54, 1.807) is 23.5 Å². The maximum Gasteiger partial charge on any atom is 0.266 e. The fourth-order valence-corrected chi connectivity index (χ4v) is 5.82. The molecule has 0 unspecified atom stereocenters. The van der Waals surface area contributed by atoms with Crippen molar-refractivity contribution in [2.45, 2.75) is 6.92 Å². The second kappa shape index (κ2) is 9.76. The lowest BCUT2D eigenvalue weighted by molar-refractivity contribution is -0.112. The molecule has 6 nitrogen and oxygen atoms in total. The van der Waals surface area contributed by atoms with Gasteiger partial charge < -0.3 is 9.64 Å². The Bertz CT molecular complexity index is 1520. The Balaban J connectivity index is 1.52. The van der Waals surface area contributed by atoms with Crippen molar-refractivity contribution in [1.29, 1.82) is 0 Å². The van der Waals surface area contributed by atoms with Crippen molar-refractivity contribution in [1.82, 2.24) is 4.98 Å². The summed E-state index contributed by atoms with van der Waals surface area (Å²) in [5.41, 5.74) is 4.97. The standard InChI is InChI=1S/C30H25N3O3S/c1-20-8-7-11-22(18-20)33-28(34)24-13-6-5-12-23(24)25(29(33)35)19-26-27(21-9-3-2-4-10-21)31-30(37-26)32-14-16-36-17-15-32/h2-13,18-19H,14-17H2,1H3/b25-19-. The molecule has 4 aromatic rings. The normalized spacial score (nSPS) is 16.8. The van der Waals surface area contributed by atoms with Gasteiger partial charge in [0.05, 0.1) is 29.5 Å². The van der Waals surface area contributed by atoms with Gasteiger partial charge in [0.15, 0.2) is 5.13 Å². The number of anilines is 2. The topological polar surface area (TPSA) is 62.7 Å². The Kier molecular flexibility index (Phi) is 6.16. The number of morpholine rings is 1. The van der Waals surface area contributed by atoms with Crippen molar-refractivity contribution < 1.29 is 14.3 Å². The summed E-state index contributed by atoms with van der Waals surface area (Å²) in [6.45, 7) is 4.82. The molecule has 0 spiro atoms. The summed E-state index contributed by atoms with van der Waals surface area (Å²) in [6, 6.07) is 24.8. The summed E-state index contributed by atoms with van der Waals surface area (Å²) in [7, 11) is 0. The quantitative estimate of drug-likeness (QED) is 0.263. The van der Waals surface area contributed by atoms with Gasteiger partial charge >= 0.3 is 0 Å². The molecule has 1 fully saturated rings. The number of amides is 2. The molecule has 0 aliphatic carbocycles. The third-order valence-electron chi connectivity index (χ3n) is 6.59. The van der Waals surface area contributed by atoms with Crippen LogP contribution in [-0.2, 0) is 9.53 Å². The van der Waals surface area contributed by atoms with Crippen LogP contribution in [0.25, 0.3) is 22.9 Å². The van der Waals surface area contributed by atoms with Gasteiger partial charge in [0.1, 0.15) is 0 Å². The Labute approximate surface area is 219 Å². The highest BCUT2D eigenvalue weighted by Crippen LogP contribution is 2.39. The molecule has 6 rings (SSSR count). The smallest absolute Gasteiger partial charge is 0.266 e. The van der Waals surface area contributed by atoms with Crippen LogP contribution in [-0.4, -0.2) is 43.1 Å². The van der Waals surface area contributed by atoms with Crippen LogP contribution >= 0.6 is 11.3 Å². The first-order valence-electron chi connectivity index (χ1n) is 12.3. The molecule has 0 atom stereocenters. The van der Waals surface area contributed by atoms with Gasteiger partial charge in [0.25, 0.3) is 11.8 Å². The Morgan fingerprint density at radius 3 is 2.35 bits per heavy atom. The molecule has 184 valence electrons. The first-order chi connectivity index (χ1) is 18.1. The summed E-state index contributed by atoms with van der Waals surface area (Å²) in [4.78, 5) is 36.8. The number of thiazole rings is 1. The highest BCUT2D eigenvalue weighted by atomic mass is 32.1. The lowest BCUT2D eigenvalue weighted by Crippen LogP contribution is -2.41. The molecule has 2 amide bonds. The van der Waals surface area contributed by atoms with Crippen molar-refractivity contribution in [3.63, 3.8) is 0 Å². The van der Waals surface area contributed by atoms with Gasteiger partial charge in [-0.05, 0) is 36.8 Å². The molecule has 3 aromatic carbocycles. The minimum atomic E-state index is -0.338. The van der Waals surface area contributed by atoms with Crippen molar-refractivity contribution in [2.75, 3.05) is 36.1 Å². The van der Waals surface area contributed by atoms with E-state index in [2.05, 4.69) is 4.90 Å². The van der Waals surface area contributed by atoms with Crippen molar-refractivity contribution in [2.24, 2.45) is 0 Å². The van der Waals surface area contributed by atoms with E-state index < -0.39 is 0 Å². The Hall–Kier alpha value is -4.07. The summed E-state index contributed by atoms with van der Waals surface area (Å²) >= 11 is 1.56. The van der Waals surface area contributed by atoms with E-state index in [9.17, 15) is 9.59 Å². The molecule has 3 heterocycles. The Morgan fingerprint density at radius 1 is 0.865 bits per heavy atom. The molecule has 0 N–H and O–H groups in total. The number of fused-ring (bicyclic) bond motifs is 1. The lowest BCUT2D eigenvalue weighted by Gasteiger charge is -2.29. The van der Waals surface area contributed by atoms with Crippen molar-refractivity contribution >= 4 is 45.6 Å². The molecule has 2 aliphatic rings. The molecule has 0 bridgehead atoms. The maximum atomic E-state index is 14.0. The van der Waals surface area contributed by atoms with Crippen LogP contribution in [0.15, 0.2) is 78.9 Å². The van der Waals surface area contributed by atoms with E-state index in [-0.39, 0.29) is 11.8 Å². The fraction of sp³-hybridized carbons (Fsp3) is 0.167. The van der Waals surface area contributed by atoms with Crippen molar-refractivity contribution in [3.05, 3.63) is 100 Å². The number of carbonyl (C=O) groups is 2. The Morgan fingerprint density at radius 2 is 1.59 bits per heavy atom.